The predicted octanol–water partition coefficient (Wildman–Crippen LogP) is 2.69. The first-order valence-corrected chi connectivity index (χ1v) is 9.68. The number of hydrogen-bond donors (Lipinski definition) is 2. The van der Waals surface area contributed by atoms with E-state index in [0.29, 0.717) is 6.54 Å². The summed E-state index contributed by atoms with van der Waals surface area (Å²) in [5, 5.41) is 5.29. The molecule has 0 spiro atoms. The van der Waals surface area contributed by atoms with Crippen molar-refractivity contribution in [1.82, 2.24) is 10.0 Å². The normalized spacial score (nSPS) is 13.5. The van der Waals surface area contributed by atoms with Gasteiger partial charge in [-0.2, -0.15) is 0 Å². The van der Waals surface area contributed by atoms with E-state index < -0.39 is 10.0 Å². The van der Waals surface area contributed by atoms with Crippen LogP contribution in [0.5, 0.6) is 0 Å². The van der Waals surface area contributed by atoms with E-state index in [2.05, 4.69) is 10.0 Å². The van der Waals surface area contributed by atoms with Crippen LogP contribution in [0.25, 0.3) is 0 Å². The molecule has 2 aromatic heterocycles. The van der Waals surface area contributed by atoms with Crippen molar-refractivity contribution in [3.8, 4) is 0 Å². The molecule has 0 aliphatic carbocycles. The van der Waals surface area contributed by atoms with Gasteiger partial charge in [-0.1, -0.05) is 17.7 Å². The predicted molar refractivity (Wildman–Crippen MR) is 86.3 cm³/mol. The van der Waals surface area contributed by atoms with Gasteiger partial charge < -0.3 is 5.32 Å². The van der Waals surface area contributed by atoms with Crippen LogP contribution in [0.2, 0.25) is 4.34 Å². The number of sulfonamides is 1. The summed E-state index contributed by atoms with van der Waals surface area (Å²) >= 11 is 9.12. The van der Waals surface area contributed by atoms with E-state index in [0.717, 1.165) is 14.1 Å². The van der Waals surface area contributed by atoms with Gasteiger partial charge in [0.25, 0.3) is 0 Å². The fourth-order valence-corrected chi connectivity index (χ4v) is 4.36. The lowest BCUT2D eigenvalue weighted by Crippen LogP contribution is -2.31. The minimum atomic E-state index is -3.19. The summed E-state index contributed by atoms with van der Waals surface area (Å²) in [4.78, 5) is 2.23. The Morgan fingerprint density at radius 3 is 2.65 bits per heavy atom. The van der Waals surface area contributed by atoms with Crippen LogP contribution in [0.1, 0.15) is 15.8 Å². The van der Waals surface area contributed by atoms with Crippen molar-refractivity contribution in [2.24, 2.45) is 0 Å². The largest absolute Gasteiger partial charge is 0.304 e. The van der Waals surface area contributed by atoms with E-state index in [1.54, 1.807) is 11.3 Å². The standard InChI is InChI=1S/C12H15ClN2O2S3/c1-14-20(16,17)8-6-15-12(9-3-2-7-18-9)10-4-5-11(13)19-10/h2-5,7,12,14-15H,6,8H2,1H3. The first kappa shape index (κ1) is 15.9. The van der Waals surface area contributed by atoms with Crippen molar-refractivity contribution in [1.29, 1.82) is 0 Å². The van der Waals surface area contributed by atoms with Crippen LogP contribution in [0, 0.1) is 0 Å². The highest BCUT2D eigenvalue weighted by Crippen LogP contribution is 2.32. The highest BCUT2D eigenvalue weighted by atomic mass is 35.5. The summed E-state index contributed by atoms with van der Waals surface area (Å²) < 4.78 is 25.9. The van der Waals surface area contributed by atoms with E-state index in [9.17, 15) is 8.42 Å². The van der Waals surface area contributed by atoms with E-state index in [-0.39, 0.29) is 11.8 Å². The molecule has 0 saturated heterocycles. The summed E-state index contributed by atoms with van der Waals surface area (Å²) in [6.45, 7) is 0.376. The number of halogens is 1. The molecule has 2 rings (SSSR count). The van der Waals surface area contributed by atoms with Crippen LogP contribution in [0.3, 0.4) is 0 Å². The average Bonchev–Trinajstić information content (AvgIpc) is 3.06. The molecule has 0 amide bonds. The quantitative estimate of drug-likeness (QED) is 0.807. The molecule has 0 fully saturated rings. The molecule has 4 nitrogen and oxygen atoms in total. The fraction of sp³-hybridized carbons (Fsp3) is 0.333. The van der Waals surface area contributed by atoms with Gasteiger partial charge in [0.1, 0.15) is 0 Å². The van der Waals surface area contributed by atoms with Crippen LogP contribution >= 0.6 is 34.3 Å². The molecule has 20 heavy (non-hydrogen) atoms. The molecule has 0 aromatic carbocycles. The van der Waals surface area contributed by atoms with Gasteiger partial charge in [0.05, 0.1) is 16.1 Å². The summed E-state index contributed by atoms with van der Waals surface area (Å²) in [5.41, 5.74) is 0. The zero-order valence-corrected chi connectivity index (χ0v) is 14.0. The Kier molecular flexibility index (Phi) is 5.59. The zero-order chi connectivity index (χ0) is 14.6. The number of nitrogens with one attached hydrogen (secondary N) is 2. The van der Waals surface area contributed by atoms with Gasteiger partial charge in [-0.05, 0) is 30.6 Å². The molecule has 2 N–H and O–H groups in total. The lowest BCUT2D eigenvalue weighted by molar-refractivity contribution is 0.578. The van der Waals surface area contributed by atoms with E-state index in [4.69, 9.17) is 11.6 Å². The second kappa shape index (κ2) is 7.02. The Morgan fingerprint density at radius 2 is 2.10 bits per heavy atom. The molecule has 0 bridgehead atoms. The summed E-state index contributed by atoms with van der Waals surface area (Å²) in [6.07, 6.45) is 0. The smallest absolute Gasteiger partial charge is 0.212 e. The van der Waals surface area contributed by atoms with Crippen LogP contribution in [0.15, 0.2) is 29.6 Å². The van der Waals surface area contributed by atoms with Crippen molar-refractivity contribution < 1.29 is 8.42 Å². The molecular formula is C12H15ClN2O2S3. The number of rotatable bonds is 7. The van der Waals surface area contributed by atoms with Crippen molar-refractivity contribution >= 4 is 44.3 Å². The molecule has 8 heteroatoms. The lowest BCUT2D eigenvalue weighted by atomic mass is 10.2. The number of thiophene rings is 2. The highest BCUT2D eigenvalue weighted by Gasteiger charge is 2.17. The lowest BCUT2D eigenvalue weighted by Gasteiger charge is -2.16. The molecule has 110 valence electrons. The molecule has 1 unspecified atom stereocenters. The van der Waals surface area contributed by atoms with Crippen molar-refractivity contribution in [2.75, 3.05) is 19.3 Å². The van der Waals surface area contributed by atoms with E-state index in [1.165, 1.54) is 18.4 Å². The van der Waals surface area contributed by atoms with Crippen LogP contribution in [-0.2, 0) is 10.0 Å². The minimum absolute atomic E-state index is 0.0143. The Balaban J connectivity index is 2.09. The molecule has 0 aliphatic rings. The van der Waals surface area contributed by atoms with Crippen LogP contribution in [-0.4, -0.2) is 27.8 Å². The third-order valence-electron chi connectivity index (χ3n) is 2.74. The summed E-state index contributed by atoms with van der Waals surface area (Å²) in [7, 11) is -1.77. The Morgan fingerprint density at radius 1 is 1.30 bits per heavy atom. The van der Waals surface area contributed by atoms with Crippen LogP contribution in [0.4, 0.5) is 0 Å². The molecule has 2 aromatic rings. The monoisotopic (exact) mass is 350 g/mol. The van der Waals surface area contributed by atoms with Gasteiger partial charge in [-0.3, -0.25) is 0 Å². The van der Waals surface area contributed by atoms with Crippen molar-refractivity contribution in [2.45, 2.75) is 6.04 Å². The molecular weight excluding hydrogens is 336 g/mol. The zero-order valence-electron chi connectivity index (χ0n) is 10.8. The first-order valence-electron chi connectivity index (χ1n) is 5.95. The average molecular weight is 351 g/mol. The summed E-state index contributed by atoms with van der Waals surface area (Å²) in [6, 6.07) is 7.82. The minimum Gasteiger partial charge on any atom is -0.304 e. The number of hydrogen-bond acceptors (Lipinski definition) is 5. The first-order chi connectivity index (χ1) is 9.52. The Hall–Kier alpha value is -0.440. The van der Waals surface area contributed by atoms with E-state index in [1.807, 2.05) is 29.6 Å². The SMILES string of the molecule is CNS(=O)(=O)CCNC(c1cccs1)c1ccc(Cl)s1. The molecule has 1 atom stereocenters. The fourth-order valence-electron chi connectivity index (χ4n) is 1.72. The van der Waals surface area contributed by atoms with Crippen molar-refractivity contribution in [3.63, 3.8) is 0 Å². The van der Waals surface area contributed by atoms with Gasteiger partial charge in [0, 0.05) is 16.3 Å². The summed E-state index contributed by atoms with van der Waals surface area (Å²) in [5.74, 6) is 0.0461. The molecule has 0 radical (unpaired) electrons. The molecule has 0 saturated carbocycles. The highest BCUT2D eigenvalue weighted by molar-refractivity contribution is 7.89. The Bertz CT molecular complexity index is 637. The van der Waals surface area contributed by atoms with Gasteiger partial charge in [0.2, 0.25) is 10.0 Å². The van der Waals surface area contributed by atoms with E-state index >= 15 is 0 Å². The third kappa shape index (κ3) is 4.28. The van der Waals surface area contributed by atoms with Gasteiger partial charge in [0.15, 0.2) is 0 Å². The molecule has 0 aliphatic heterocycles. The maximum absolute atomic E-state index is 11.4. The molecule has 2 heterocycles. The Labute approximate surface area is 131 Å². The van der Waals surface area contributed by atoms with Gasteiger partial charge in [-0.15, -0.1) is 22.7 Å². The second-order valence-corrected chi connectivity index (χ2v) is 8.84. The van der Waals surface area contributed by atoms with Crippen LogP contribution < -0.4 is 10.0 Å². The van der Waals surface area contributed by atoms with Gasteiger partial charge >= 0.3 is 0 Å². The van der Waals surface area contributed by atoms with Gasteiger partial charge in [-0.25, -0.2) is 13.1 Å². The maximum atomic E-state index is 11.4. The van der Waals surface area contributed by atoms with Crippen molar-refractivity contribution in [3.05, 3.63) is 43.7 Å². The maximum Gasteiger partial charge on any atom is 0.212 e. The third-order valence-corrected chi connectivity index (χ3v) is 6.33. The second-order valence-electron chi connectivity index (χ2n) is 4.07. The topological polar surface area (TPSA) is 58.2 Å².